The summed E-state index contributed by atoms with van der Waals surface area (Å²) in [5.41, 5.74) is 0. The van der Waals surface area contributed by atoms with Crippen LogP contribution in [0, 0.1) is 11.8 Å². The number of hydrogen-bond acceptors (Lipinski definition) is 2. The second-order valence-electron chi connectivity index (χ2n) is 6.87. The van der Waals surface area contributed by atoms with Gasteiger partial charge in [-0.1, -0.05) is 41.0 Å². The summed E-state index contributed by atoms with van der Waals surface area (Å²) in [6.07, 6.45) is 5.32. The van der Waals surface area contributed by atoms with Gasteiger partial charge >= 0.3 is 0 Å². The number of rotatable bonds is 7. The lowest BCUT2D eigenvalue weighted by Crippen LogP contribution is -2.57. The maximum absolute atomic E-state index is 3.77. The van der Waals surface area contributed by atoms with Gasteiger partial charge in [-0.2, -0.15) is 0 Å². The van der Waals surface area contributed by atoms with E-state index >= 15 is 0 Å². The third kappa shape index (κ3) is 5.71. The van der Waals surface area contributed by atoms with E-state index in [1.165, 1.54) is 45.3 Å². The molecule has 0 bridgehead atoms. The topological polar surface area (TPSA) is 15.3 Å². The highest BCUT2D eigenvalue weighted by Crippen LogP contribution is 2.18. The van der Waals surface area contributed by atoms with Crippen LogP contribution in [0.3, 0.4) is 0 Å². The maximum Gasteiger partial charge on any atom is 0.0223 e. The molecule has 18 heavy (non-hydrogen) atoms. The van der Waals surface area contributed by atoms with Crippen LogP contribution in [-0.2, 0) is 0 Å². The molecule has 0 aromatic heterocycles. The van der Waals surface area contributed by atoms with Crippen LogP contribution in [0.2, 0.25) is 0 Å². The van der Waals surface area contributed by atoms with Crippen LogP contribution in [0.25, 0.3) is 0 Å². The molecule has 0 aromatic rings. The van der Waals surface area contributed by atoms with Crippen molar-refractivity contribution in [1.82, 2.24) is 10.2 Å². The Bertz CT molecular complexity index is 213. The molecule has 1 heterocycles. The van der Waals surface area contributed by atoms with E-state index in [0.29, 0.717) is 6.04 Å². The lowest BCUT2D eigenvalue weighted by Gasteiger charge is -2.42. The molecule has 0 saturated carbocycles. The summed E-state index contributed by atoms with van der Waals surface area (Å²) in [4.78, 5) is 2.76. The van der Waals surface area contributed by atoms with E-state index in [2.05, 4.69) is 44.8 Å². The largest absolute Gasteiger partial charge is 0.311 e. The van der Waals surface area contributed by atoms with Crippen LogP contribution in [-0.4, -0.2) is 36.6 Å². The Kier molecular flexibility index (Phi) is 7.25. The molecule has 0 spiro atoms. The Morgan fingerprint density at radius 3 is 2.33 bits per heavy atom. The highest BCUT2D eigenvalue weighted by Gasteiger charge is 2.27. The Balaban J connectivity index is 2.49. The van der Waals surface area contributed by atoms with Gasteiger partial charge in [0, 0.05) is 25.2 Å². The molecule has 1 aliphatic rings. The van der Waals surface area contributed by atoms with Gasteiger partial charge < -0.3 is 5.32 Å². The zero-order valence-electron chi connectivity index (χ0n) is 13.2. The van der Waals surface area contributed by atoms with Crippen molar-refractivity contribution in [2.75, 3.05) is 19.6 Å². The molecule has 2 heteroatoms. The molecule has 2 nitrogen and oxygen atoms in total. The molecular formula is C16H34N2. The zero-order valence-corrected chi connectivity index (χ0v) is 13.2. The summed E-state index contributed by atoms with van der Waals surface area (Å²) in [5, 5.41) is 3.77. The number of hydrogen-bond donors (Lipinski definition) is 1. The summed E-state index contributed by atoms with van der Waals surface area (Å²) >= 11 is 0. The van der Waals surface area contributed by atoms with Gasteiger partial charge in [-0.3, -0.25) is 4.90 Å². The highest BCUT2D eigenvalue weighted by atomic mass is 15.2. The predicted molar refractivity (Wildman–Crippen MR) is 81.0 cm³/mol. The summed E-state index contributed by atoms with van der Waals surface area (Å²) in [6, 6.07) is 1.48. The molecule has 1 fully saturated rings. The molecule has 1 saturated heterocycles. The van der Waals surface area contributed by atoms with E-state index in [0.717, 1.165) is 17.9 Å². The van der Waals surface area contributed by atoms with Gasteiger partial charge in [0.05, 0.1) is 0 Å². The third-order valence-corrected chi connectivity index (χ3v) is 3.91. The minimum Gasteiger partial charge on any atom is -0.311 e. The smallest absolute Gasteiger partial charge is 0.0223 e. The van der Waals surface area contributed by atoms with Crippen molar-refractivity contribution >= 4 is 0 Å². The van der Waals surface area contributed by atoms with Crippen molar-refractivity contribution in [2.24, 2.45) is 11.8 Å². The van der Waals surface area contributed by atoms with E-state index < -0.39 is 0 Å². The SMILES string of the molecule is CCCCN1CC(CC(C)C)NCC1CC(C)C. The molecule has 1 aliphatic heterocycles. The summed E-state index contributed by atoms with van der Waals surface area (Å²) in [6.45, 7) is 15.4. The first-order valence-corrected chi connectivity index (χ1v) is 8.00. The fraction of sp³-hybridized carbons (Fsp3) is 1.00. The zero-order chi connectivity index (χ0) is 13.5. The number of nitrogens with one attached hydrogen (secondary N) is 1. The average Bonchev–Trinajstić information content (AvgIpc) is 2.27. The van der Waals surface area contributed by atoms with Crippen molar-refractivity contribution in [3.05, 3.63) is 0 Å². The van der Waals surface area contributed by atoms with Crippen molar-refractivity contribution < 1.29 is 0 Å². The van der Waals surface area contributed by atoms with Crippen LogP contribution >= 0.6 is 0 Å². The highest BCUT2D eigenvalue weighted by molar-refractivity contribution is 4.87. The van der Waals surface area contributed by atoms with Crippen molar-refractivity contribution in [3.63, 3.8) is 0 Å². The van der Waals surface area contributed by atoms with Gasteiger partial charge in [-0.25, -0.2) is 0 Å². The summed E-state index contributed by atoms with van der Waals surface area (Å²) < 4.78 is 0. The molecule has 1 N–H and O–H groups in total. The minimum absolute atomic E-state index is 0.713. The fourth-order valence-electron chi connectivity index (χ4n) is 3.07. The predicted octanol–water partition coefficient (Wildman–Crippen LogP) is 3.52. The van der Waals surface area contributed by atoms with Gasteiger partial charge in [-0.15, -0.1) is 0 Å². The summed E-state index contributed by atoms with van der Waals surface area (Å²) in [7, 11) is 0. The molecule has 1 rings (SSSR count). The fourth-order valence-corrected chi connectivity index (χ4v) is 3.07. The standard InChI is InChI=1S/C16H34N2/c1-6-7-8-18-12-15(9-13(2)3)17-11-16(18)10-14(4)5/h13-17H,6-12H2,1-5H3. The van der Waals surface area contributed by atoms with Gasteiger partial charge in [0.1, 0.15) is 0 Å². The molecule has 2 atom stereocenters. The average molecular weight is 254 g/mol. The maximum atomic E-state index is 3.77. The first-order valence-electron chi connectivity index (χ1n) is 8.00. The summed E-state index contributed by atoms with van der Waals surface area (Å²) in [5.74, 6) is 1.61. The Labute approximate surface area is 115 Å². The minimum atomic E-state index is 0.713. The first kappa shape index (κ1) is 16.0. The normalized spacial score (nSPS) is 26.2. The Morgan fingerprint density at radius 2 is 1.78 bits per heavy atom. The molecular weight excluding hydrogens is 220 g/mol. The molecule has 108 valence electrons. The van der Waals surface area contributed by atoms with Crippen LogP contribution in [0.5, 0.6) is 0 Å². The Morgan fingerprint density at radius 1 is 1.11 bits per heavy atom. The molecule has 0 amide bonds. The Hall–Kier alpha value is -0.0800. The van der Waals surface area contributed by atoms with Crippen LogP contribution < -0.4 is 5.32 Å². The van der Waals surface area contributed by atoms with Crippen LogP contribution in [0.1, 0.15) is 60.3 Å². The van der Waals surface area contributed by atoms with Gasteiger partial charge in [0.2, 0.25) is 0 Å². The van der Waals surface area contributed by atoms with Crippen molar-refractivity contribution in [2.45, 2.75) is 72.4 Å². The molecule has 0 aliphatic carbocycles. The molecule has 0 aromatic carbocycles. The van der Waals surface area contributed by atoms with Crippen LogP contribution in [0.15, 0.2) is 0 Å². The quantitative estimate of drug-likeness (QED) is 0.748. The first-order chi connectivity index (χ1) is 8.52. The van der Waals surface area contributed by atoms with Gasteiger partial charge in [0.15, 0.2) is 0 Å². The third-order valence-electron chi connectivity index (χ3n) is 3.91. The van der Waals surface area contributed by atoms with E-state index in [4.69, 9.17) is 0 Å². The lowest BCUT2D eigenvalue weighted by atomic mass is 9.95. The van der Waals surface area contributed by atoms with E-state index in [-0.39, 0.29) is 0 Å². The second kappa shape index (κ2) is 8.16. The van der Waals surface area contributed by atoms with E-state index in [1.54, 1.807) is 0 Å². The number of unbranched alkanes of at least 4 members (excludes halogenated alkanes) is 1. The molecule has 2 unspecified atom stereocenters. The molecule has 0 radical (unpaired) electrons. The second-order valence-corrected chi connectivity index (χ2v) is 6.87. The van der Waals surface area contributed by atoms with Crippen molar-refractivity contribution in [3.8, 4) is 0 Å². The lowest BCUT2D eigenvalue weighted by molar-refractivity contribution is 0.105. The van der Waals surface area contributed by atoms with E-state index in [1.807, 2.05) is 0 Å². The number of nitrogens with zero attached hydrogens (tertiary/aromatic N) is 1. The van der Waals surface area contributed by atoms with Crippen molar-refractivity contribution in [1.29, 1.82) is 0 Å². The van der Waals surface area contributed by atoms with E-state index in [9.17, 15) is 0 Å². The monoisotopic (exact) mass is 254 g/mol. The number of piperazine rings is 1. The van der Waals surface area contributed by atoms with Gasteiger partial charge in [-0.05, 0) is 37.6 Å². The van der Waals surface area contributed by atoms with Crippen LogP contribution in [0.4, 0.5) is 0 Å². The van der Waals surface area contributed by atoms with Gasteiger partial charge in [0.25, 0.3) is 0 Å².